The minimum Gasteiger partial charge on any atom is -0.485 e. The van der Waals surface area contributed by atoms with Gasteiger partial charge in [-0.1, -0.05) is 67.6 Å². The number of aromatic nitrogens is 1. The van der Waals surface area contributed by atoms with Crippen molar-refractivity contribution in [2.75, 3.05) is 11.5 Å². The molecule has 156 valence electrons. The second-order valence-corrected chi connectivity index (χ2v) is 8.72. The zero-order valence-corrected chi connectivity index (χ0v) is 18.1. The summed E-state index contributed by atoms with van der Waals surface area (Å²) in [4.78, 5) is 20.3. The fraction of sp³-hybridized carbons (Fsp3) is 0.200. The predicted octanol–water partition coefficient (Wildman–Crippen LogP) is 5.92. The van der Waals surface area contributed by atoms with E-state index in [-0.39, 0.29) is 18.4 Å². The van der Waals surface area contributed by atoms with Crippen LogP contribution >= 0.6 is 11.3 Å². The molecule has 1 aliphatic heterocycles. The van der Waals surface area contributed by atoms with Gasteiger partial charge in [0.15, 0.2) is 16.6 Å². The highest BCUT2D eigenvalue weighted by Gasteiger charge is 2.35. The molecule has 5 rings (SSSR count). The number of hydrogen-bond donors (Lipinski definition) is 0. The number of amides is 1. The van der Waals surface area contributed by atoms with Crippen LogP contribution in [0.25, 0.3) is 10.2 Å². The number of carbonyl (C=O) groups excluding carboxylic acids is 1. The monoisotopic (exact) mass is 430 g/mol. The van der Waals surface area contributed by atoms with E-state index in [4.69, 9.17) is 14.5 Å². The Morgan fingerprint density at radius 2 is 1.71 bits per heavy atom. The summed E-state index contributed by atoms with van der Waals surface area (Å²) < 4.78 is 12.9. The smallest absolute Gasteiger partial charge is 0.278 e. The van der Waals surface area contributed by atoms with Crippen molar-refractivity contribution < 1.29 is 14.3 Å². The second kappa shape index (κ2) is 8.04. The third-order valence-electron chi connectivity index (χ3n) is 5.28. The van der Waals surface area contributed by atoms with E-state index in [0.29, 0.717) is 16.6 Å². The molecule has 0 saturated heterocycles. The standard InChI is InChI=1S/C25H22N2O3S/c1-16(2)17-9-3-5-11-19(17)27(25-26-18-10-4-8-14-23(18)31-25)24(28)22-15-29-20-12-6-7-13-21(20)30-22/h3-14,16,22H,15H2,1-2H3/t22-/m1/s1. The summed E-state index contributed by atoms with van der Waals surface area (Å²) in [5.74, 6) is 1.28. The molecule has 0 fully saturated rings. The van der Waals surface area contributed by atoms with E-state index in [0.717, 1.165) is 21.5 Å². The Labute approximate surface area is 184 Å². The molecule has 0 bridgehead atoms. The first-order valence-electron chi connectivity index (χ1n) is 10.3. The SMILES string of the molecule is CC(C)c1ccccc1N(C(=O)[C@H]1COc2ccccc2O1)c1nc2ccccc2s1. The van der Waals surface area contributed by atoms with Gasteiger partial charge in [-0.15, -0.1) is 0 Å². The number of rotatable bonds is 4. The van der Waals surface area contributed by atoms with Crippen molar-refractivity contribution >= 4 is 38.3 Å². The molecule has 1 amide bonds. The second-order valence-electron chi connectivity index (χ2n) is 7.72. The van der Waals surface area contributed by atoms with Crippen molar-refractivity contribution in [3.63, 3.8) is 0 Å². The number of benzene rings is 3. The zero-order chi connectivity index (χ0) is 21.4. The summed E-state index contributed by atoms with van der Waals surface area (Å²) in [6.45, 7) is 4.40. The number of para-hydroxylation sites is 4. The maximum Gasteiger partial charge on any atom is 0.278 e. The van der Waals surface area contributed by atoms with Crippen molar-refractivity contribution in [2.45, 2.75) is 25.9 Å². The Hall–Kier alpha value is -3.38. The van der Waals surface area contributed by atoms with E-state index in [9.17, 15) is 4.79 Å². The van der Waals surface area contributed by atoms with Gasteiger partial charge in [-0.25, -0.2) is 4.98 Å². The molecule has 0 saturated carbocycles. The summed E-state index contributed by atoms with van der Waals surface area (Å²) in [7, 11) is 0. The maximum atomic E-state index is 13.8. The molecule has 0 N–H and O–H groups in total. The van der Waals surface area contributed by atoms with Crippen LogP contribution in [-0.2, 0) is 4.79 Å². The Kier molecular flexibility index (Phi) is 5.08. The van der Waals surface area contributed by atoms with E-state index < -0.39 is 6.10 Å². The molecule has 2 heterocycles. The molecule has 0 unspecified atom stereocenters. The largest absolute Gasteiger partial charge is 0.485 e. The van der Waals surface area contributed by atoms with Crippen molar-refractivity contribution in [3.8, 4) is 11.5 Å². The van der Waals surface area contributed by atoms with Crippen LogP contribution in [-0.4, -0.2) is 23.6 Å². The number of ether oxygens (including phenoxy) is 2. The van der Waals surface area contributed by atoms with Gasteiger partial charge in [0, 0.05) is 0 Å². The summed E-state index contributed by atoms with van der Waals surface area (Å²) in [6, 6.07) is 23.3. The van der Waals surface area contributed by atoms with Gasteiger partial charge in [-0.2, -0.15) is 0 Å². The highest BCUT2D eigenvalue weighted by Crippen LogP contribution is 2.39. The third kappa shape index (κ3) is 3.64. The number of anilines is 2. The van der Waals surface area contributed by atoms with Gasteiger partial charge in [0.25, 0.3) is 5.91 Å². The number of carbonyl (C=O) groups is 1. The van der Waals surface area contributed by atoms with E-state index >= 15 is 0 Å². The Balaban J connectivity index is 1.60. The van der Waals surface area contributed by atoms with Gasteiger partial charge in [-0.3, -0.25) is 9.69 Å². The quantitative estimate of drug-likeness (QED) is 0.403. The average molecular weight is 431 g/mol. The van der Waals surface area contributed by atoms with Gasteiger partial charge in [0.1, 0.15) is 6.61 Å². The van der Waals surface area contributed by atoms with Crippen LogP contribution < -0.4 is 14.4 Å². The Morgan fingerprint density at radius 3 is 2.52 bits per heavy atom. The predicted molar refractivity (Wildman–Crippen MR) is 124 cm³/mol. The van der Waals surface area contributed by atoms with Crippen molar-refractivity contribution in [2.24, 2.45) is 0 Å². The van der Waals surface area contributed by atoms with Gasteiger partial charge in [0.2, 0.25) is 6.10 Å². The minimum absolute atomic E-state index is 0.154. The normalized spacial score (nSPS) is 15.3. The molecule has 1 aliphatic rings. The number of fused-ring (bicyclic) bond motifs is 2. The molecular formula is C25H22N2O3S. The van der Waals surface area contributed by atoms with Crippen LogP contribution in [0.15, 0.2) is 72.8 Å². The molecule has 3 aromatic carbocycles. The lowest BCUT2D eigenvalue weighted by Crippen LogP contribution is -2.45. The van der Waals surface area contributed by atoms with E-state index in [2.05, 4.69) is 19.9 Å². The van der Waals surface area contributed by atoms with Crippen molar-refractivity contribution in [3.05, 3.63) is 78.4 Å². The van der Waals surface area contributed by atoms with Gasteiger partial charge >= 0.3 is 0 Å². The summed E-state index contributed by atoms with van der Waals surface area (Å²) in [5, 5.41) is 0.627. The first-order chi connectivity index (χ1) is 15.1. The highest BCUT2D eigenvalue weighted by atomic mass is 32.1. The topological polar surface area (TPSA) is 51.7 Å². The summed E-state index contributed by atoms with van der Waals surface area (Å²) in [6.07, 6.45) is -0.762. The lowest BCUT2D eigenvalue weighted by Gasteiger charge is -2.31. The van der Waals surface area contributed by atoms with Gasteiger partial charge in [-0.05, 0) is 41.8 Å². The van der Waals surface area contributed by atoms with Crippen LogP contribution in [0, 0.1) is 0 Å². The molecule has 6 heteroatoms. The summed E-state index contributed by atoms with van der Waals surface area (Å²) >= 11 is 1.50. The average Bonchev–Trinajstić information content (AvgIpc) is 3.22. The van der Waals surface area contributed by atoms with Crippen LogP contribution in [0.1, 0.15) is 25.3 Å². The Bertz CT molecular complexity index is 1220. The first kappa shape index (κ1) is 19.6. The molecular weight excluding hydrogens is 408 g/mol. The molecule has 1 atom stereocenters. The fourth-order valence-electron chi connectivity index (χ4n) is 3.74. The molecule has 31 heavy (non-hydrogen) atoms. The number of hydrogen-bond acceptors (Lipinski definition) is 5. The molecule has 4 aromatic rings. The fourth-order valence-corrected chi connectivity index (χ4v) is 4.72. The number of nitrogens with zero attached hydrogens (tertiary/aromatic N) is 2. The third-order valence-corrected chi connectivity index (χ3v) is 6.30. The molecule has 0 radical (unpaired) electrons. The van der Waals surface area contributed by atoms with Crippen molar-refractivity contribution in [1.82, 2.24) is 4.98 Å². The Morgan fingerprint density at radius 1 is 1.00 bits per heavy atom. The zero-order valence-electron chi connectivity index (χ0n) is 17.3. The van der Waals surface area contributed by atoms with Gasteiger partial charge < -0.3 is 9.47 Å². The molecule has 0 spiro atoms. The van der Waals surface area contributed by atoms with E-state index in [1.807, 2.05) is 66.7 Å². The van der Waals surface area contributed by atoms with Crippen LogP contribution in [0.4, 0.5) is 10.8 Å². The van der Waals surface area contributed by atoms with Crippen LogP contribution in [0.2, 0.25) is 0 Å². The van der Waals surface area contributed by atoms with Crippen LogP contribution in [0.3, 0.4) is 0 Å². The first-order valence-corrected chi connectivity index (χ1v) is 11.1. The van der Waals surface area contributed by atoms with E-state index in [1.54, 1.807) is 4.90 Å². The molecule has 1 aromatic heterocycles. The van der Waals surface area contributed by atoms with E-state index in [1.165, 1.54) is 11.3 Å². The lowest BCUT2D eigenvalue weighted by atomic mass is 10.0. The minimum atomic E-state index is -0.762. The maximum absolute atomic E-state index is 13.8. The molecule has 5 nitrogen and oxygen atoms in total. The lowest BCUT2D eigenvalue weighted by molar-refractivity contribution is -0.126. The summed E-state index contributed by atoms with van der Waals surface area (Å²) in [5.41, 5.74) is 2.77. The highest BCUT2D eigenvalue weighted by molar-refractivity contribution is 7.22. The van der Waals surface area contributed by atoms with Crippen molar-refractivity contribution in [1.29, 1.82) is 0 Å². The molecule has 0 aliphatic carbocycles. The van der Waals surface area contributed by atoms with Gasteiger partial charge in [0.05, 0.1) is 15.9 Å². The van der Waals surface area contributed by atoms with Crippen LogP contribution in [0.5, 0.6) is 11.5 Å². The number of thiazole rings is 1.